The molecule has 4 atom stereocenters. The van der Waals surface area contributed by atoms with E-state index in [1.165, 1.54) is 25.7 Å². The van der Waals surface area contributed by atoms with Crippen molar-refractivity contribution in [3.8, 4) is 0 Å². The summed E-state index contributed by atoms with van der Waals surface area (Å²) in [7, 11) is 0. The molecule has 1 amide bonds. The number of halogens is 1. The summed E-state index contributed by atoms with van der Waals surface area (Å²) in [5, 5.41) is 3.13. The first-order valence-corrected chi connectivity index (χ1v) is 6.99. The summed E-state index contributed by atoms with van der Waals surface area (Å²) >= 11 is 5.83. The summed E-state index contributed by atoms with van der Waals surface area (Å²) < 4.78 is 0. The molecule has 2 bridgehead atoms. The molecule has 2 nitrogen and oxygen atoms in total. The van der Waals surface area contributed by atoms with Crippen LogP contribution in [-0.2, 0) is 4.79 Å². The van der Waals surface area contributed by atoms with Crippen molar-refractivity contribution >= 4 is 17.5 Å². The van der Waals surface area contributed by atoms with Crippen LogP contribution in [0.5, 0.6) is 0 Å². The summed E-state index contributed by atoms with van der Waals surface area (Å²) in [5.41, 5.74) is 0. The lowest BCUT2D eigenvalue weighted by atomic mass is 9.86. The third kappa shape index (κ3) is 3.13. The van der Waals surface area contributed by atoms with Gasteiger partial charge >= 0.3 is 0 Å². The van der Waals surface area contributed by atoms with Gasteiger partial charge in [0.25, 0.3) is 0 Å². The summed E-state index contributed by atoms with van der Waals surface area (Å²) in [4.78, 5) is 11.7. The van der Waals surface area contributed by atoms with Crippen molar-refractivity contribution in [2.45, 2.75) is 50.8 Å². The maximum absolute atomic E-state index is 11.7. The van der Waals surface area contributed by atoms with Crippen LogP contribution >= 0.6 is 11.6 Å². The molecule has 0 radical (unpaired) electrons. The third-order valence-corrected chi connectivity index (χ3v) is 4.41. The van der Waals surface area contributed by atoms with Crippen LogP contribution in [0, 0.1) is 17.8 Å². The Morgan fingerprint density at radius 2 is 2.25 bits per heavy atom. The highest BCUT2D eigenvalue weighted by Gasteiger charge is 2.39. The Balaban J connectivity index is 1.64. The smallest absolute Gasteiger partial charge is 0.220 e. The second kappa shape index (κ2) is 5.39. The van der Waals surface area contributed by atoms with E-state index >= 15 is 0 Å². The maximum Gasteiger partial charge on any atom is 0.220 e. The molecule has 2 saturated carbocycles. The van der Waals surface area contributed by atoms with Crippen molar-refractivity contribution in [2.24, 2.45) is 17.8 Å². The molecule has 92 valence electrons. The molecule has 2 aliphatic rings. The van der Waals surface area contributed by atoms with Crippen molar-refractivity contribution in [1.29, 1.82) is 0 Å². The normalized spacial score (nSPS) is 34.0. The second-order valence-corrected chi connectivity index (χ2v) is 6.30. The van der Waals surface area contributed by atoms with E-state index in [1.807, 2.05) is 6.92 Å². The Morgan fingerprint density at radius 1 is 1.44 bits per heavy atom. The lowest BCUT2D eigenvalue weighted by Gasteiger charge is -2.20. The first-order chi connectivity index (χ1) is 7.65. The van der Waals surface area contributed by atoms with E-state index in [2.05, 4.69) is 5.32 Å². The maximum atomic E-state index is 11.7. The van der Waals surface area contributed by atoms with Gasteiger partial charge in [0, 0.05) is 18.3 Å². The van der Waals surface area contributed by atoms with Gasteiger partial charge in [0.2, 0.25) is 5.91 Å². The molecule has 0 heterocycles. The molecular weight excluding hydrogens is 222 g/mol. The standard InChI is InChI=1S/C13H22ClNO/c1-9(14)4-5-15-13(16)8-12-7-10-2-3-11(12)6-10/h9-12H,2-8H2,1H3,(H,15,16). The van der Waals surface area contributed by atoms with E-state index in [4.69, 9.17) is 11.6 Å². The van der Waals surface area contributed by atoms with E-state index in [9.17, 15) is 4.79 Å². The van der Waals surface area contributed by atoms with E-state index < -0.39 is 0 Å². The Hall–Kier alpha value is -0.240. The number of hydrogen-bond donors (Lipinski definition) is 1. The average Bonchev–Trinajstić information content (AvgIpc) is 2.78. The topological polar surface area (TPSA) is 29.1 Å². The lowest BCUT2D eigenvalue weighted by Crippen LogP contribution is -2.28. The summed E-state index contributed by atoms with van der Waals surface area (Å²) in [5.74, 6) is 2.69. The molecule has 0 aromatic heterocycles. The van der Waals surface area contributed by atoms with E-state index in [1.54, 1.807) is 0 Å². The summed E-state index contributed by atoms with van der Waals surface area (Å²) in [6.45, 7) is 2.69. The first-order valence-electron chi connectivity index (χ1n) is 6.56. The molecule has 1 N–H and O–H groups in total. The SMILES string of the molecule is CC(Cl)CCNC(=O)CC1CC2CCC1C2. The van der Waals surface area contributed by atoms with Crippen LogP contribution in [0.15, 0.2) is 0 Å². The predicted molar refractivity (Wildman–Crippen MR) is 66.5 cm³/mol. The molecule has 16 heavy (non-hydrogen) atoms. The number of nitrogens with one attached hydrogen (secondary N) is 1. The van der Waals surface area contributed by atoms with Crippen LogP contribution in [0.2, 0.25) is 0 Å². The molecule has 2 rings (SSSR count). The monoisotopic (exact) mass is 243 g/mol. The number of rotatable bonds is 5. The first kappa shape index (κ1) is 12.2. The molecule has 0 aromatic carbocycles. The van der Waals surface area contributed by atoms with Crippen molar-refractivity contribution in [3.63, 3.8) is 0 Å². The zero-order valence-corrected chi connectivity index (χ0v) is 10.8. The molecule has 3 heteroatoms. The Labute approximate surface area is 103 Å². The third-order valence-electron chi connectivity index (χ3n) is 4.20. The van der Waals surface area contributed by atoms with Gasteiger partial charge in [-0.05, 0) is 50.4 Å². The highest BCUT2D eigenvalue weighted by molar-refractivity contribution is 6.20. The van der Waals surface area contributed by atoms with Gasteiger partial charge in [-0.25, -0.2) is 0 Å². The lowest BCUT2D eigenvalue weighted by molar-refractivity contribution is -0.122. The van der Waals surface area contributed by atoms with Gasteiger partial charge in [0.1, 0.15) is 0 Å². The van der Waals surface area contributed by atoms with Crippen molar-refractivity contribution in [3.05, 3.63) is 0 Å². The zero-order chi connectivity index (χ0) is 11.5. The molecule has 0 spiro atoms. The van der Waals surface area contributed by atoms with E-state index in [0.29, 0.717) is 5.92 Å². The number of hydrogen-bond acceptors (Lipinski definition) is 1. The fraction of sp³-hybridized carbons (Fsp3) is 0.923. The number of fused-ring (bicyclic) bond motifs is 2. The number of amides is 1. The molecule has 4 unspecified atom stereocenters. The van der Waals surface area contributed by atoms with Gasteiger partial charge in [-0.15, -0.1) is 11.6 Å². The van der Waals surface area contributed by atoms with Crippen LogP contribution in [-0.4, -0.2) is 17.8 Å². The predicted octanol–water partition coefficient (Wildman–Crippen LogP) is 2.95. The molecular formula is C13H22ClNO. The minimum absolute atomic E-state index is 0.155. The fourth-order valence-electron chi connectivity index (χ4n) is 3.35. The van der Waals surface area contributed by atoms with Gasteiger partial charge < -0.3 is 5.32 Å². The quantitative estimate of drug-likeness (QED) is 0.740. The van der Waals surface area contributed by atoms with Crippen LogP contribution in [0.25, 0.3) is 0 Å². The number of carbonyl (C=O) groups is 1. The van der Waals surface area contributed by atoms with E-state index in [0.717, 1.165) is 31.2 Å². The van der Waals surface area contributed by atoms with Gasteiger partial charge in [-0.1, -0.05) is 6.42 Å². The second-order valence-electron chi connectivity index (χ2n) is 5.56. The van der Waals surface area contributed by atoms with Crippen LogP contribution < -0.4 is 5.32 Å². The van der Waals surface area contributed by atoms with Crippen molar-refractivity contribution < 1.29 is 4.79 Å². The summed E-state index contributed by atoms with van der Waals surface area (Å²) in [6, 6.07) is 0. The average molecular weight is 244 g/mol. The van der Waals surface area contributed by atoms with E-state index in [-0.39, 0.29) is 11.3 Å². The van der Waals surface area contributed by atoms with Gasteiger partial charge in [-0.2, -0.15) is 0 Å². The molecule has 0 aliphatic heterocycles. The largest absolute Gasteiger partial charge is 0.356 e. The number of alkyl halides is 1. The minimum atomic E-state index is 0.155. The molecule has 2 fully saturated rings. The highest BCUT2D eigenvalue weighted by atomic mass is 35.5. The Bertz CT molecular complexity index is 254. The van der Waals surface area contributed by atoms with Crippen molar-refractivity contribution in [2.75, 3.05) is 6.54 Å². The minimum Gasteiger partial charge on any atom is -0.356 e. The molecule has 0 saturated heterocycles. The summed E-state index contributed by atoms with van der Waals surface area (Å²) in [6.07, 6.45) is 7.07. The molecule has 0 aromatic rings. The van der Waals surface area contributed by atoms with Gasteiger partial charge in [-0.3, -0.25) is 4.79 Å². The van der Waals surface area contributed by atoms with Crippen LogP contribution in [0.4, 0.5) is 0 Å². The van der Waals surface area contributed by atoms with Crippen LogP contribution in [0.1, 0.15) is 45.4 Å². The van der Waals surface area contributed by atoms with Gasteiger partial charge in [0.15, 0.2) is 0 Å². The zero-order valence-electron chi connectivity index (χ0n) is 10.0. The highest BCUT2D eigenvalue weighted by Crippen LogP contribution is 2.49. The molecule has 2 aliphatic carbocycles. The fourth-order valence-corrected chi connectivity index (χ4v) is 3.46. The Kier molecular flexibility index (Phi) is 4.12. The Morgan fingerprint density at radius 3 is 2.81 bits per heavy atom. The van der Waals surface area contributed by atoms with Gasteiger partial charge in [0.05, 0.1) is 0 Å². The van der Waals surface area contributed by atoms with Crippen LogP contribution in [0.3, 0.4) is 0 Å². The number of carbonyl (C=O) groups excluding carboxylic acids is 1. The van der Waals surface area contributed by atoms with Crippen molar-refractivity contribution in [1.82, 2.24) is 5.32 Å².